The molecule has 0 aliphatic rings. The van der Waals surface area contributed by atoms with Gasteiger partial charge in [-0.3, -0.25) is 0 Å². The summed E-state index contributed by atoms with van der Waals surface area (Å²) < 4.78 is 8.06. The summed E-state index contributed by atoms with van der Waals surface area (Å²) in [4.78, 5) is 0. The Labute approximate surface area is 96.1 Å². The molecule has 1 aromatic rings. The Morgan fingerprint density at radius 3 is 1.47 bits per heavy atom. The fraction of sp³-hybridized carbons (Fsp3) is 0.600. The lowest BCUT2D eigenvalue weighted by atomic mass is 9.86. The molecule has 0 bridgehead atoms. The van der Waals surface area contributed by atoms with Crippen LogP contribution < -0.4 is 0 Å². The Morgan fingerprint density at radius 2 is 1.13 bits per heavy atom. The Morgan fingerprint density at radius 1 is 0.800 bits per heavy atom. The molecular formula is C15H24. The maximum absolute atomic E-state index is 8.06. The van der Waals surface area contributed by atoms with E-state index in [1.165, 1.54) is 33.4 Å². The highest BCUT2D eigenvalue weighted by atomic mass is 14.2. The minimum atomic E-state index is -0.385. The number of hydrogen-bond donors (Lipinski definition) is 0. The van der Waals surface area contributed by atoms with Gasteiger partial charge in [0, 0.05) is 1.37 Å². The largest absolute Gasteiger partial charge is 0.0625 e. The van der Waals surface area contributed by atoms with Crippen molar-refractivity contribution in [3.63, 3.8) is 0 Å². The zero-order valence-electron chi connectivity index (χ0n) is 12.2. The molecule has 0 radical (unpaired) electrons. The lowest BCUT2D eigenvalue weighted by Crippen LogP contribution is -2.05. The summed E-state index contributed by atoms with van der Waals surface area (Å²) in [5.41, 5.74) is 8.31. The molecule has 0 heterocycles. The third-order valence-corrected chi connectivity index (χ3v) is 3.69. The molecule has 0 saturated heterocycles. The fourth-order valence-corrected chi connectivity index (χ4v) is 2.20. The topological polar surface area (TPSA) is 0 Å². The van der Waals surface area contributed by atoms with E-state index in [9.17, 15) is 0 Å². The summed E-state index contributed by atoms with van der Waals surface area (Å²) in [7, 11) is 0. The van der Waals surface area contributed by atoms with Crippen LogP contribution in [-0.4, -0.2) is 0 Å². The van der Waals surface area contributed by atoms with Crippen LogP contribution >= 0.6 is 0 Å². The van der Waals surface area contributed by atoms with Crippen molar-refractivity contribution >= 4 is 0 Å². The monoisotopic (exact) mass is 206 g/mol. The Kier molecular flexibility index (Phi) is 3.14. The van der Waals surface area contributed by atoms with Gasteiger partial charge < -0.3 is 0 Å². The molecule has 15 heavy (non-hydrogen) atoms. The summed E-state index contributed by atoms with van der Waals surface area (Å²) >= 11 is 0. The summed E-state index contributed by atoms with van der Waals surface area (Å²) in [5, 5.41) is 0. The van der Waals surface area contributed by atoms with Gasteiger partial charge >= 0.3 is 0 Å². The third kappa shape index (κ3) is 2.25. The van der Waals surface area contributed by atoms with Gasteiger partial charge in [0.2, 0.25) is 0 Å². The third-order valence-electron chi connectivity index (χ3n) is 3.69. The van der Waals surface area contributed by atoms with Crippen LogP contribution in [0.5, 0.6) is 0 Å². The van der Waals surface area contributed by atoms with Crippen molar-refractivity contribution in [2.75, 3.05) is 0 Å². The first-order chi connectivity index (χ1) is 7.15. The van der Waals surface area contributed by atoms with Gasteiger partial charge in [0.15, 0.2) is 0 Å². The van der Waals surface area contributed by atoms with Crippen LogP contribution in [0.2, 0.25) is 0 Å². The molecular weight excluding hydrogens is 180 g/mol. The lowest BCUT2D eigenvalue weighted by molar-refractivity contribution is 0.641. The average molecular weight is 206 g/mol. The van der Waals surface area contributed by atoms with Crippen LogP contribution in [0, 0.1) is 40.5 Å². The molecule has 1 aromatic carbocycles. The first-order valence-corrected chi connectivity index (χ1v) is 5.71. The van der Waals surface area contributed by atoms with Crippen molar-refractivity contribution < 1.29 is 1.37 Å². The Bertz CT molecular complexity index is 379. The SMILES string of the molecule is [3H]C(C)(C)Cc1c(C)c(C)c(C)c(C)c1C. The highest BCUT2D eigenvalue weighted by Gasteiger charge is 2.12. The second-order valence-electron chi connectivity index (χ2n) is 4.99. The quantitative estimate of drug-likeness (QED) is 0.671. The maximum atomic E-state index is 8.06. The van der Waals surface area contributed by atoms with Crippen LogP contribution in [0.15, 0.2) is 0 Å². The molecule has 0 atom stereocenters. The van der Waals surface area contributed by atoms with Crippen LogP contribution in [0.1, 0.15) is 48.6 Å². The molecule has 0 saturated carbocycles. The molecule has 1 rings (SSSR count). The molecule has 0 unspecified atom stereocenters. The highest BCUT2D eigenvalue weighted by Crippen LogP contribution is 2.27. The van der Waals surface area contributed by atoms with Gasteiger partial charge in [-0.2, -0.15) is 0 Å². The van der Waals surface area contributed by atoms with Crippen LogP contribution in [-0.2, 0) is 6.42 Å². The minimum absolute atomic E-state index is 0.385. The van der Waals surface area contributed by atoms with Gasteiger partial charge in [0.1, 0.15) is 0 Å². The van der Waals surface area contributed by atoms with Crippen molar-refractivity contribution in [1.29, 1.82) is 0 Å². The van der Waals surface area contributed by atoms with Gasteiger partial charge in [-0.1, -0.05) is 13.8 Å². The average Bonchev–Trinajstić information content (AvgIpc) is 2.17. The van der Waals surface area contributed by atoms with Gasteiger partial charge in [0.05, 0.1) is 0 Å². The molecule has 84 valence electrons. The highest BCUT2D eigenvalue weighted by molar-refractivity contribution is 5.49. The van der Waals surface area contributed by atoms with E-state index in [0.29, 0.717) is 0 Å². The van der Waals surface area contributed by atoms with Crippen molar-refractivity contribution in [3.05, 3.63) is 33.4 Å². The van der Waals surface area contributed by atoms with Crippen molar-refractivity contribution in [3.8, 4) is 0 Å². The molecule has 0 amide bonds. The Hall–Kier alpha value is -0.780. The zero-order valence-corrected chi connectivity index (χ0v) is 11.2. The second-order valence-corrected chi connectivity index (χ2v) is 4.99. The molecule has 0 aliphatic heterocycles. The van der Waals surface area contributed by atoms with Crippen LogP contribution in [0.4, 0.5) is 0 Å². The van der Waals surface area contributed by atoms with E-state index in [-0.39, 0.29) is 5.89 Å². The van der Waals surface area contributed by atoms with Crippen LogP contribution in [0.3, 0.4) is 0 Å². The van der Waals surface area contributed by atoms with Crippen molar-refractivity contribution in [2.45, 2.75) is 54.9 Å². The molecule has 0 spiro atoms. The van der Waals surface area contributed by atoms with E-state index in [1.807, 2.05) is 13.8 Å². The van der Waals surface area contributed by atoms with Crippen molar-refractivity contribution in [2.24, 2.45) is 5.89 Å². The maximum Gasteiger partial charge on any atom is 0.0300 e. The number of rotatable bonds is 2. The van der Waals surface area contributed by atoms with E-state index in [0.717, 1.165) is 6.42 Å². The van der Waals surface area contributed by atoms with Crippen molar-refractivity contribution in [1.82, 2.24) is 0 Å². The molecule has 0 aliphatic carbocycles. The fourth-order valence-electron chi connectivity index (χ4n) is 2.20. The van der Waals surface area contributed by atoms with Gasteiger partial charge in [-0.25, -0.2) is 0 Å². The van der Waals surface area contributed by atoms with Gasteiger partial charge in [-0.15, -0.1) is 0 Å². The Balaban J connectivity index is 3.40. The van der Waals surface area contributed by atoms with Gasteiger partial charge in [-0.05, 0) is 80.3 Å². The summed E-state index contributed by atoms with van der Waals surface area (Å²) in [5.74, 6) is -0.385. The van der Waals surface area contributed by atoms with E-state index >= 15 is 0 Å². The first kappa shape index (κ1) is 10.7. The standard InChI is InChI=1S/C15H24/c1-9(2)8-15-13(6)11(4)10(3)12(5)14(15)7/h9H,8H2,1-7H3/i9T. The summed E-state index contributed by atoms with van der Waals surface area (Å²) in [6.45, 7) is 14.9. The normalized spacial score (nSPS) is 12.9. The minimum Gasteiger partial charge on any atom is -0.0625 e. The molecule has 0 heteroatoms. The van der Waals surface area contributed by atoms with E-state index in [4.69, 9.17) is 1.37 Å². The molecule has 0 fully saturated rings. The molecule has 0 nitrogen and oxygen atoms in total. The lowest BCUT2D eigenvalue weighted by Gasteiger charge is -2.19. The van der Waals surface area contributed by atoms with Crippen LogP contribution in [0.25, 0.3) is 0 Å². The number of hydrogen-bond acceptors (Lipinski definition) is 0. The van der Waals surface area contributed by atoms with E-state index < -0.39 is 0 Å². The zero-order chi connectivity index (χ0) is 12.7. The second kappa shape index (κ2) is 4.38. The predicted octanol–water partition coefficient (Wildman–Crippen LogP) is 4.43. The summed E-state index contributed by atoms with van der Waals surface area (Å²) in [6, 6.07) is 0. The smallest absolute Gasteiger partial charge is 0.0300 e. The van der Waals surface area contributed by atoms with E-state index in [1.54, 1.807) is 0 Å². The molecule has 0 N–H and O–H groups in total. The van der Waals surface area contributed by atoms with Gasteiger partial charge in [0.25, 0.3) is 0 Å². The van der Waals surface area contributed by atoms with E-state index in [2.05, 4.69) is 34.6 Å². The summed E-state index contributed by atoms with van der Waals surface area (Å²) in [6.07, 6.45) is 0.840. The number of benzene rings is 1. The predicted molar refractivity (Wildman–Crippen MR) is 68.7 cm³/mol. The first-order valence-electron chi connectivity index (χ1n) is 6.21. The molecule has 0 aromatic heterocycles.